The van der Waals surface area contributed by atoms with Crippen LogP contribution in [0.2, 0.25) is 0 Å². The maximum Gasteiger partial charge on any atom is 0.325 e. The second kappa shape index (κ2) is 9.12. The fourth-order valence-electron chi connectivity index (χ4n) is 4.19. The molecule has 2 fully saturated rings. The van der Waals surface area contributed by atoms with Gasteiger partial charge in [-0.2, -0.15) is 0 Å². The Morgan fingerprint density at radius 3 is 2.74 bits per heavy atom. The molecule has 4 rings (SSSR count). The topological polar surface area (TPSA) is 91.4 Å². The van der Waals surface area contributed by atoms with Gasteiger partial charge < -0.3 is 10.6 Å². The molecule has 1 saturated carbocycles. The van der Waals surface area contributed by atoms with E-state index in [1.165, 1.54) is 4.90 Å². The quantitative estimate of drug-likeness (QED) is 0.669. The van der Waals surface area contributed by atoms with Gasteiger partial charge in [-0.15, -0.1) is 0 Å². The molecular formula is C24H26N4O3. The van der Waals surface area contributed by atoms with Gasteiger partial charge in [0.2, 0.25) is 5.91 Å². The molecule has 2 N–H and O–H groups in total. The standard InChI is InChI=1S/C24H26N4O3/c29-21(10-6-16-28-22(30)24(27-23(28)31)13-2-3-14-24)26-20-9-5-7-18(17-20)11-12-19-8-1-4-15-25-19/h1,4-5,7-9,11-12,15,17H,2-3,6,10,13-14,16H2,(H,26,29)(H,27,31)/b12-11+. The molecule has 0 radical (unpaired) electrons. The van der Waals surface area contributed by atoms with Crippen LogP contribution in [0.5, 0.6) is 0 Å². The number of amides is 4. The smallest absolute Gasteiger partial charge is 0.325 e. The number of hydrogen-bond acceptors (Lipinski definition) is 4. The normalized spacial score (nSPS) is 17.5. The number of benzene rings is 1. The number of aromatic nitrogens is 1. The number of hydrogen-bond donors (Lipinski definition) is 2. The predicted molar refractivity (Wildman–Crippen MR) is 119 cm³/mol. The zero-order chi connectivity index (χ0) is 21.7. The van der Waals surface area contributed by atoms with Crippen molar-refractivity contribution < 1.29 is 14.4 Å². The van der Waals surface area contributed by atoms with E-state index in [0.29, 0.717) is 24.9 Å². The summed E-state index contributed by atoms with van der Waals surface area (Å²) in [6, 6.07) is 12.9. The van der Waals surface area contributed by atoms with Crippen molar-refractivity contribution in [2.45, 2.75) is 44.1 Å². The maximum absolute atomic E-state index is 12.6. The SMILES string of the molecule is O=C(CCCN1C(=O)NC2(CCCC2)C1=O)Nc1cccc(/C=C/c2ccccn2)c1. The second-order valence-electron chi connectivity index (χ2n) is 8.04. The molecule has 1 aromatic carbocycles. The molecule has 2 heterocycles. The summed E-state index contributed by atoms with van der Waals surface area (Å²) in [5.74, 6) is -0.281. The summed E-state index contributed by atoms with van der Waals surface area (Å²) in [5.41, 5.74) is 1.82. The van der Waals surface area contributed by atoms with Gasteiger partial charge in [0.15, 0.2) is 0 Å². The molecule has 1 spiro atoms. The van der Waals surface area contributed by atoms with Gasteiger partial charge in [-0.1, -0.05) is 37.1 Å². The molecule has 1 saturated heterocycles. The molecule has 7 nitrogen and oxygen atoms in total. The monoisotopic (exact) mass is 418 g/mol. The third-order valence-corrected chi connectivity index (χ3v) is 5.79. The Bertz CT molecular complexity index is 997. The van der Waals surface area contributed by atoms with E-state index < -0.39 is 5.54 Å². The van der Waals surface area contributed by atoms with Crippen LogP contribution in [-0.4, -0.2) is 39.8 Å². The van der Waals surface area contributed by atoms with Crippen LogP contribution in [-0.2, 0) is 9.59 Å². The third-order valence-electron chi connectivity index (χ3n) is 5.79. The minimum atomic E-state index is -0.692. The largest absolute Gasteiger partial charge is 0.326 e. The first-order valence-electron chi connectivity index (χ1n) is 10.7. The molecule has 2 aliphatic rings. The van der Waals surface area contributed by atoms with E-state index in [2.05, 4.69) is 15.6 Å². The van der Waals surface area contributed by atoms with E-state index in [1.54, 1.807) is 6.20 Å². The highest BCUT2D eigenvalue weighted by atomic mass is 16.2. The van der Waals surface area contributed by atoms with E-state index in [1.807, 2.05) is 54.6 Å². The molecular weight excluding hydrogens is 392 g/mol. The molecule has 0 bridgehead atoms. The lowest BCUT2D eigenvalue weighted by atomic mass is 9.98. The van der Waals surface area contributed by atoms with Gasteiger partial charge in [0.25, 0.3) is 5.91 Å². The first-order valence-corrected chi connectivity index (χ1v) is 10.7. The van der Waals surface area contributed by atoms with Crippen molar-refractivity contribution in [1.29, 1.82) is 0 Å². The predicted octanol–water partition coefficient (Wildman–Crippen LogP) is 3.84. The molecule has 1 aromatic heterocycles. The Hall–Kier alpha value is -3.48. The number of imide groups is 1. The summed E-state index contributed by atoms with van der Waals surface area (Å²) in [5, 5.41) is 5.75. The number of rotatable bonds is 7. The molecule has 4 amide bonds. The highest BCUT2D eigenvalue weighted by molar-refractivity contribution is 6.07. The molecule has 0 unspecified atom stereocenters. The van der Waals surface area contributed by atoms with Gasteiger partial charge in [0.05, 0.1) is 5.69 Å². The number of nitrogens with one attached hydrogen (secondary N) is 2. The summed E-state index contributed by atoms with van der Waals surface area (Å²) in [6.07, 6.45) is 9.59. The zero-order valence-corrected chi connectivity index (χ0v) is 17.3. The minimum absolute atomic E-state index is 0.136. The molecule has 31 heavy (non-hydrogen) atoms. The van der Waals surface area contributed by atoms with Crippen LogP contribution in [0.3, 0.4) is 0 Å². The van der Waals surface area contributed by atoms with E-state index >= 15 is 0 Å². The fraction of sp³-hybridized carbons (Fsp3) is 0.333. The lowest BCUT2D eigenvalue weighted by molar-refractivity contribution is -0.131. The molecule has 1 aliphatic carbocycles. The third kappa shape index (κ3) is 4.82. The molecule has 7 heteroatoms. The lowest BCUT2D eigenvalue weighted by Crippen LogP contribution is -2.44. The Morgan fingerprint density at radius 2 is 1.97 bits per heavy atom. The van der Waals surface area contributed by atoms with Crippen molar-refractivity contribution in [2.24, 2.45) is 0 Å². The summed E-state index contributed by atoms with van der Waals surface area (Å²) in [7, 11) is 0. The maximum atomic E-state index is 12.6. The second-order valence-corrected chi connectivity index (χ2v) is 8.04. The highest BCUT2D eigenvalue weighted by Crippen LogP contribution is 2.35. The highest BCUT2D eigenvalue weighted by Gasteiger charge is 2.51. The van der Waals surface area contributed by atoms with Crippen LogP contribution >= 0.6 is 0 Å². The summed E-state index contributed by atoms with van der Waals surface area (Å²) in [4.78, 5) is 42.7. The number of pyridine rings is 1. The number of nitrogens with zero attached hydrogens (tertiary/aromatic N) is 2. The van der Waals surface area contributed by atoms with Gasteiger partial charge >= 0.3 is 6.03 Å². The fourth-order valence-corrected chi connectivity index (χ4v) is 4.19. The summed E-state index contributed by atoms with van der Waals surface area (Å²) >= 11 is 0. The molecule has 2 aromatic rings. The van der Waals surface area contributed by atoms with Crippen LogP contribution in [0.15, 0.2) is 48.7 Å². The van der Waals surface area contributed by atoms with Crippen LogP contribution in [0.25, 0.3) is 12.2 Å². The van der Waals surface area contributed by atoms with Crippen molar-refractivity contribution in [3.05, 3.63) is 59.9 Å². The Kier molecular flexibility index (Phi) is 6.11. The molecule has 160 valence electrons. The van der Waals surface area contributed by atoms with Crippen LogP contribution in [0.1, 0.15) is 49.8 Å². The van der Waals surface area contributed by atoms with Crippen molar-refractivity contribution in [3.63, 3.8) is 0 Å². The van der Waals surface area contributed by atoms with E-state index in [9.17, 15) is 14.4 Å². The zero-order valence-electron chi connectivity index (χ0n) is 17.3. The van der Waals surface area contributed by atoms with Gasteiger partial charge in [-0.25, -0.2) is 4.79 Å². The number of carbonyl (C=O) groups is 3. The lowest BCUT2D eigenvalue weighted by Gasteiger charge is -2.19. The van der Waals surface area contributed by atoms with Gasteiger partial charge in [-0.05, 0) is 55.2 Å². The minimum Gasteiger partial charge on any atom is -0.326 e. The van der Waals surface area contributed by atoms with Crippen LogP contribution < -0.4 is 10.6 Å². The Balaban J connectivity index is 1.27. The van der Waals surface area contributed by atoms with Crippen molar-refractivity contribution in [1.82, 2.24) is 15.2 Å². The number of carbonyl (C=O) groups excluding carboxylic acids is 3. The van der Waals surface area contributed by atoms with Crippen molar-refractivity contribution in [3.8, 4) is 0 Å². The van der Waals surface area contributed by atoms with Gasteiger partial charge in [0, 0.05) is 24.8 Å². The van der Waals surface area contributed by atoms with Crippen LogP contribution in [0.4, 0.5) is 10.5 Å². The van der Waals surface area contributed by atoms with Crippen molar-refractivity contribution >= 4 is 35.7 Å². The Labute approximate surface area is 181 Å². The molecule has 1 aliphatic heterocycles. The molecule has 0 atom stereocenters. The first kappa shape index (κ1) is 20.8. The summed E-state index contributed by atoms with van der Waals surface area (Å²) < 4.78 is 0. The average molecular weight is 418 g/mol. The van der Waals surface area contributed by atoms with E-state index in [-0.39, 0.29) is 30.8 Å². The number of urea groups is 1. The van der Waals surface area contributed by atoms with Crippen molar-refractivity contribution in [2.75, 3.05) is 11.9 Å². The summed E-state index contributed by atoms with van der Waals surface area (Å²) in [6.45, 7) is 0.257. The number of anilines is 1. The van der Waals surface area contributed by atoms with Gasteiger partial charge in [-0.3, -0.25) is 19.5 Å². The van der Waals surface area contributed by atoms with Crippen LogP contribution in [0, 0.1) is 0 Å². The van der Waals surface area contributed by atoms with E-state index in [0.717, 1.165) is 24.1 Å². The Morgan fingerprint density at radius 1 is 1.13 bits per heavy atom. The van der Waals surface area contributed by atoms with E-state index in [4.69, 9.17) is 0 Å². The van der Waals surface area contributed by atoms with Gasteiger partial charge in [0.1, 0.15) is 5.54 Å². The average Bonchev–Trinajstić information content (AvgIpc) is 3.33. The first-order chi connectivity index (χ1) is 15.1.